The van der Waals surface area contributed by atoms with Gasteiger partial charge in [-0.25, -0.2) is 0 Å². The average Bonchev–Trinajstić information content (AvgIpc) is 2.27. The summed E-state index contributed by atoms with van der Waals surface area (Å²) in [5.74, 6) is 0. The molecule has 2 heteroatoms. The maximum absolute atomic E-state index is 9.95. The van der Waals surface area contributed by atoms with Crippen LogP contribution in [0.5, 0.6) is 0 Å². The van der Waals surface area contributed by atoms with Crippen LogP contribution in [0, 0.1) is 0 Å². The van der Waals surface area contributed by atoms with E-state index >= 15 is 0 Å². The van der Waals surface area contributed by atoms with E-state index in [1.165, 1.54) is 12.8 Å². The van der Waals surface area contributed by atoms with Crippen molar-refractivity contribution in [2.75, 3.05) is 20.1 Å². The number of nitrogens with zero attached hydrogens (tertiary/aromatic N) is 1. The van der Waals surface area contributed by atoms with Crippen LogP contribution in [-0.2, 0) is 0 Å². The molecule has 15 heavy (non-hydrogen) atoms. The van der Waals surface area contributed by atoms with Gasteiger partial charge in [0.1, 0.15) is 0 Å². The molecule has 2 nitrogen and oxygen atoms in total. The number of benzene rings is 1. The Morgan fingerprint density at radius 1 is 1.27 bits per heavy atom. The molecule has 0 aromatic heterocycles. The van der Waals surface area contributed by atoms with Crippen LogP contribution in [0.4, 0.5) is 0 Å². The third-order valence-corrected chi connectivity index (χ3v) is 2.56. The van der Waals surface area contributed by atoms with Crippen molar-refractivity contribution in [3.63, 3.8) is 0 Å². The van der Waals surface area contributed by atoms with E-state index in [0.29, 0.717) is 6.54 Å². The molecule has 0 bridgehead atoms. The fourth-order valence-electron chi connectivity index (χ4n) is 1.60. The molecule has 0 radical (unpaired) electrons. The van der Waals surface area contributed by atoms with Crippen LogP contribution in [0.3, 0.4) is 0 Å². The summed E-state index contributed by atoms with van der Waals surface area (Å²) in [6.45, 7) is 3.95. The number of aliphatic hydroxyl groups is 1. The van der Waals surface area contributed by atoms with Crippen LogP contribution in [0.25, 0.3) is 0 Å². The quantitative estimate of drug-likeness (QED) is 0.774. The van der Waals surface area contributed by atoms with Crippen LogP contribution in [-0.4, -0.2) is 30.1 Å². The summed E-state index contributed by atoms with van der Waals surface area (Å²) in [6, 6.07) is 9.84. The Labute approximate surface area is 92.5 Å². The highest BCUT2D eigenvalue weighted by Crippen LogP contribution is 2.12. The van der Waals surface area contributed by atoms with Crippen molar-refractivity contribution in [2.24, 2.45) is 0 Å². The third kappa shape index (κ3) is 4.45. The van der Waals surface area contributed by atoms with Gasteiger partial charge in [-0.05, 0) is 25.6 Å². The van der Waals surface area contributed by atoms with Crippen molar-refractivity contribution in [1.82, 2.24) is 4.90 Å². The van der Waals surface area contributed by atoms with Gasteiger partial charge in [-0.2, -0.15) is 0 Å². The predicted octanol–water partition coefficient (Wildman–Crippen LogP) is 2.45. The first-order valence-electron chi connectivity index (χ1n) is 5.65. The molecular formula is C13H21NO. The zero-order chi connectivity index (χ0) is 11.1. The summed E-state index contributed by atoms with van der Waals surface area (Å²) >= 11 is 0. The first kappa shape index (κ1) is 12.2. The second-order valence-electron chi connectivity index (χ2n) is 4.04. The summed E-state index contributed by atoms with van der Waals surface area (Å²) in [5.41, 5.74) is 1.00. The Morgan fingerprint density at radius 2 is 1.93 bits per heavy atom. The van der Waals surface area contributed by atoms with Gasteiger partial charge in [0.25, 0.3) is 0 Å². The number of aliphatic hydroxyl groups excluding tert-OH is 1. The molecule has 84 valence electrons. The topological polar surface area (TPSA) is 23.5 Å². The highest BCUT2D eigenvalue weighted by molar-refractivity contribution is 5.17. The molecule has 0 aliphatic heterocycles. The smallest absolute Gasteiger partial charge is 0.0916 e. The molecule has 1 aromatic carbocycles. The zero-order valence-corrected chi connectivity index (χ0v) is 9.69. The number of likely N-dealkylation sites (N-methyl/N-ethyl adjacent to an activating group) is 1. The van der Waals surface area contributed by atoms with Crippen molar-refractivity contribution in [3.05, 3.63) is 35.9 Å². The molecule has 0 saturated carbocycles. The number of hydrogen-bond acceptors (Lipinski definition) is 2. The first-order chi connectivity index (χ1) is 7.24. The molecule has 0 saturated heterocycles. The molecule has 0 fully saturated rings. The van der Waals surface area contributed by atoms with Gasteiger partial charge < -0.3 is 10.0 Å². The van der Waals surface area contributed by atoms with Crippen molar-refractivity contribution in [3.8, 4) is 0 Å². The lowest BCUT2D eigenvalue weighted by Gasteiger charge is -2.20. The Morgan fingerprint density at radius 3 is 2.53 bits per heavy atom. The second kappa shape index (κ2) is 6.59. The summed E-state index contributed by atoms with van der Waals surface area (Å²) < 4.78 is 0. The molecule has 0 unspecified atom stereocenters. The van der Waals surface area contributed by atoms with E-state index in [9.17, 15) is 5.11 Å². The molecule has 1 rings (SSSR count). The highest BCUT2D eigenvalue weighted by Gasteiger charge is 2.09. The molecule has 1 atom stereocenters. The summed E-state index contributed by atoms with van der Waals surface area (Å²) in [5, 5.41) is 9.95. The van der Waals surface area contributed by atoms with Crippen molar-refractivity contribution in [1.29, 1.82) is 0 Å². The number of hydrogen-bond donors (Lipinski definition) is 1. The van der Waals surface area contributed by atoms with Crippen LogP contribution in [0.2, 0.25) is 0 Å². The molecule has 1 N–H and O–H groups in total. The first-order valence-corrected chi connectivity index (χ1v) is 5.65. The highest BCUT2D eigenvalue weighted by atomic mass is 16.3. The van der Waals surface area contributed by atoms with Gasteiger partial charge in [-0.15, -0.1) is 0 Å². The van der Waals surface area contributed by atoms with Crippen molar-refractivity contribution in [2.45, 2.75) is 25.9 Å². The maximum Gasteiger partial charge on any atom is 0.0916 e. The minimum atomic E-state index is -0.368. The Bertz CT molecular complexity index is 260. The number of rotatable bonds is 6. The van der Waals surface area contributed by atoms with E-state index < -0.39 is 0 Å². The van der Waals surface area contributed by atoms with Crippen LogP contribution in [0.1, 0.15) is 31.4 Å². The van der Waals surface area contributed by atoms with Crippen LogP contribution >= 0.6 is 0 Å². The van der Waals surface area contributed by atoms with Crippen molar-refractivity contribution >= 4 is 0 Å². The molecule has 0 aliphatic rings. The van der Waals surface area contributed by atoms with E-state index in [1.54, 1.807) is 0 Å². The standard InChI is InChI=1S/C13H21NO/c1-3-4-10-14(2)11-13(15)12-8-6-5-7-9-12/h5-9,13,15H,3-4,10-11H2,1-2H3/t13-/m0/s1. The van der Waals surface area contributed by atoms with Gasteiger partial charge in [0.2, 0.25) is 0 Å². The summed E-state index contributed by atoms with van der Waals surface area (Å²) in [4.78, 5) is 2.18. The Kier molecular flexibility index (Phi) is 5.37. The normalized spacial score (nSPS) is 13.1. The van der Waals surface area contributed by atoms with Gasteiger partial charge in [-0.1, -0.05) is 43.7 Å². The van der Waals surface area contributed by atoms with Gasteiger partial charge in [-0.3, -0.25) is 0 Å². The molecule has 1 aromatic rings. The molecule has 0 heterocycles. The fourth-order valence-corrected chi connectivity index (χ4v) is 1.60. The van der Waals surface area contributed by atoms with E-state index in [0.717, 1.165) is 12.1 Å². The lowest BCUT2D eigenvalue weighted by Crippen LogP contribution is -2.25. The van der Waals surface area contributed by atoms with E-state index in [2.05, 4.69) is 18.9 Å². The van der Waals surface area contributed by atoms with E-state index in [4.69, 9.17) is 0 Å². The van der Waals surface area contributed by atoms with E-state index in [1.807, 2.05) is 30.3 Å². The SMILES string of the molecule is CCCCN(C)C[C@H](O)c1ccccc1. The number of unbranched alkanes of at least 4 members (excludes halogenated alkanes) is 1. The molecule has 0 spiro atoms. The zero-order valence-electron chi connectivity index (χ0n) is 9.69. The van der Waals surface area contributed by atoms with Gasteiger partial charge in [0, 0.05) is 6.54 Å². The van der Waals surface area contributed by atoms with Crippen molar-refractivity contribution < 1.29 is 5.11 Å². The monoisotopic (exact) mass is 207 g/mol. The predicted molar refractivity (Wildman–Crippen MR) is 63.8 cm³/mol. The van der Waals surface area contributed by atoms with Gasteiger partial charge in [0.05, 0.1) is 6.10 Å². The maximum atomic E-state index is 9.95. The molecule has 0 aliphatic carbocycles. The minimum absolute atomic E-state index is 0.368. The fraction of sp³-hybridized carbons (Fsp3) is 0.538. The van der Waals surface area contributed by atoms with Gasteiger partial charge in [0.15, 0.2) is 0 Å². The summed E-state index contributed by atoms with van der Waals surface area (Å²) in [7, 11) is 2.06. The Hall–Kier alpha value is -0.860. The minimum Gasteiger partial charge on any atom is -0.387 e. The Balaban J connectivity index is 2.38. The van der Waals surface area contributed by atoms with Crippen LogP contribution in [0.15, 0.2) is 30.3 Å². The molecular weight excluding hydrogens is 186 g/mol. The molecule has 0 amide bonds. The summed E-state index contributed by atoms with van der Waals surface area (Å²) in [6.07, 6.45) is 2.03. The lowest BCUT2D eigenvalue weighted by atomic mass is 10.1. The lowest BCUT2D eigenvalue weighted by molar-refractivity contribution is 0.126. The second-order valence-corrected chi connectivity index (χ2v) is 4.04. The third-order valence-electron chi connectivity index (χ3n) is 2.56. The largest absolute Gasteiger partial charge is 0.387 e. The average molecular weight is 207 g/mol. The van der Waals surface area contributed by atoms with Gasteiger partial charge >= 0.3 is 0 Å². The van der Waals surface area contributed by atoms with Crippen LogP contribution < -0.4 is 0 Å². The van der Waals surface area contributed by atoms with E-state index in [-0.39, 0.29) is 6.10 Å².